The molecule has 0 fully saturated rings. The fourth-order valence-electron chi connectivity index (χ4n) is 2.43. The molecular weight excluding hydrogens is 332 g/mol. The molecule has 0 saturated heterocycles. The van der Waals surface area contributed by atoms with Crippen molar-refractivity contribution in [2.75, 3.05) is 5.32 Å². The van der Waals surface area contributed by atoms with Crippen LogP contribution in [0.15, 0.2) is 78.9 Å². The number of non-ortho nitro benzene ring substituents is 1. The molecule has 0 unspecified atom stereocenters. The molecule has 6 heteroatoms. The Morgan fingerprint density at radius 3 is 2.46 bits per heavy atom. The lowest BCUT2D eigenvalue weighted by Crippen LogP contribution is -2.08. The van der Waals surface area contributed by atoms with Crippen LogP contribution in [0.4, 0.5) is 17.1 Å². The predicted octanol–water partition coefficient (Wildman–Crippen LogP) is 4.70. The molecule has 0 aromatic heterocycles. The average molecular weight is 348 g/mol. The van der Waals surface area contributed by atoms with Gasteiger partial charge in [-0.05, 0) is 29.8 Å². The Hall–Kier alpha value is -3.67. The molecule has 0 radical (unpaired) electrons. The molecule has 0 aliphatic carbocycles. The Labute approximate surface area is 150 Å². The second kappa shape index (κ2) is 7.94. The fourth-order valence-corrected chi connectivity index (χ4v) is 2.43. The quantitative estimate of drug-likeness (QED) is 0.397. The van der Waals surface area contributed by atoms with Crippen LogP contribution in [0.2, 0.25) is 0 Å². The van der Waals surface area contributed by atoms with Crippen LogP contribution < -0.4 is 5.32 Å². The molecule has 0 spiro atoms. The van der Waals surface area contributed by atoms with E-state index in [-0.39, 0.29) is 12.3 Å². The summed E-state index contributed by atoms with van der Waals surface area (Å²) in [5.41, 5.74) is 2.39. The Morgan fingerprint density at radius 2 is 1.69 bits per heavy atom. The molecule has 0 saturated carbocycles. The van der Waals surface area contributed by atoms with Crippen molar-refractivity contribution in [3.63, 3.8) is 0 Å². The maximum atomic E-state index is 12.5. The van der Waals surface area contributed by atoms with Crippen LogP contribution in [0.3, 0.4) is 0 Å². The van der Waals surface area contributed by atoms with Gasteiger partial charge in [0.1, 0.15) is 6.61 Å². The summed E-state index contributed by atoms with van der Waals surface area (Å²) in [5, 5.41) is 14.0. The van der Waals surface area contributed by atoms with Crippen LogP contribution in [0.25, 0.3) is 0 Å². The topological polar surface area (TPSA) is 81.5 Å². The monoisotopic (exact) mass is 348 g/mol. The van der Waals surface area contributed by atoms with Gasteiger partial charge >= 0.3 is 5.97 Å². The first-order valence-electron chi connectivity index (χ1n) is 7.95. The molecule has 1 N–H and O–H groups in total. The number of para-hydroxylation sites is 2. The molecule has 0 aliphatic rings. The highest BCUT2D eigenvalue weighted by atomic mass is 16.6. The van der Waals surface area contributed by atoms with Gasteiger partial charge in [0.05, 0.1) is 16.2 Å². The normalized spacial score (nSPS) is 10.2. The minimum absolute atomic E-state index is 0.0373. The molecule has 130 valence electrons. The van der Waals surface area contributed by atoms with E-state index in [9.17, 15) is 14.9 Å². The standard InChI is InChI=1S/C20H16N2O4/c23-20(26-14-15-7-6-10-17(13-15)22(24)25)18-11-4-5-12-19(18)21-16-8-2-1-3-9-16/h1-13,21H,14H2. The Kier molecular flexibility index (Phi) is 5.24. The van der Waals surface area contributed by atoms with E-state index in [0.717, 1.165) is 5.69 Å². The highest BCUT2D eigenvalue weighted by molar-refractivity contribution is 5.96. The first kappa shape index (κ1) is 17.2. The lowest BCUT2D eigenvalue weighted by atomic mass is 10.1. The van der Waals surface area contributed by atoms with Crippen molar-refractivity contribution >= 4 is 23.0 Å². The summed E-state index contributed by atoms with van der Waals surface area (Å²) in [4.78, 5) is 22.8. The number of anilines is 2. The van der Waals surface area contributed by atoms with Crippen molar-refractivity contribution in [1.29, 1.82) is 0 Å². The van der Waals surface area contributed by atoms with Crippen LogP contribution in [0.5, 0.6) is 0 Å². The van der Waals surface area contributed by atoms with E-state index in [1.165, 1.54) is 12.1 Å². The van der Waals surface area contributed by atoms with Gasteiger partial charge in [-0.3, -0.25) is 10.1 Å². The van der Waals surface area contributed by atoms with Crippen molar-refractivity contribution in [2.45, 2.75) is 6.61 Å². The van der Waals surface area contributed by atoms with Gasteiger partial charge in [-0.15, -0.1) is 0 Å². The molecule has 3 rings (SSSR count). The number of benzene rings is 3. The van der Waals surface area contributed by atoms with E-state index in [1.807, 2.05) is 36.4 Å². The van der Waals surface area contributed by atoms with Crippen molar-refractivity contribution in [3.05, 3.63) is 100 Å². The summed E-state index contributed by atoms with van der Waals surface area (Å²) in [6.07, 6.45) is 0. The molecule has 26 heavy (non-hydrogen) atoms. The molecule has 6 nitrogen and oxygen atoms in total. The van der Waals surface area contributed by atoms with E-state index >= 15 is 0 Å². The largest absolute Gasteiger partial charge is 0.457 e. The van der Waals surface area contributed by atoms with E-state index < -0.39 is 10.9 Å². The summed E-state index contributed by atoms with van der Waals surface area (Å²) < 4.78 is 5.33. The van der Waals surface area contributed by atoms with Crippen LogP contribution in [0.1, 0.15) is 15.9 Å². The number of hydrogen-bond donors (Lipinski definition) is 1. The molecule has 0 bridgehead atoms. The van der Waals surface area contributed by atoms with Gasteiger partial charge in [0, 0.05) is 17.8 Å². The van der Waals surface area contributed by atoms with E-state index in [0.29, 0.717) is 16.8 Å². The number of nitro groups is 1. The number of nitro benzene ring substituents is 1. The number of nitrogens with zero attached hydrogens (tertiary/aromatic N) is 1. The zero-order chi connectivity index (χ0) is 18.4. The summed E-state index contributed by atoms with van der Waals surface area (Å²) >= 11 is 0. The van der Waals surface area contributed by atoms with Crippen LogP contribution in [-0.2, 0) is 11.3 Å². The lowest BCUT2D eigenvalue weighted by Gasteiger charge is -2.12. The minimum Gasteiger partial charge on any atom is -0.457 e. The number of rotatable bonds is 6. The van der Waals surface area contributed by atoms with Crippen LogP contribution in [0, 0.1) is 10.1 Å². The number of ether oxygens (including phenoxy) is 1. The maximum Gasteiger partial charge on any atom is 0.340 e. The van der Waals surface area contributed by atoms with E-state index in [1.54, 1.807) is 30.3 Å². The SMILES string of the molecule is O=C(OCc1cccc([N+](=O)[O-])c1)c1ccccc1Nc1ccccc1. The molecule has 3 aromatic rings. The van der Waals surface area contributed by atoms with Crippen molar-refractivity contribution in [1.82, 2.24) is 0 Å². The van der Waals surface area contributed by atoms with Gasteiger partial charge in [-0.25, -0.2) is 4.79 Å². The van der Waals surface area contributed by atoms with Gasteiger partial charge in [0.25, 0.3) is 5.69 Å². The highest BCUT2D eigenvalue weighted by Gasteiger charge is 2.14. The first-order chi connectivity index (χ1) is 12.6. The number of nitrogens with one attached hydrogen (secondary N) is 1. The molecule has 0 atom stereocenters. The molecule has 0 heterocycles. The van der Waals surface area contributed by atoms with E-state index in [2.05, 4.69) is 5.32 Å². The van der Waals surface area contributed by atoms with Crippen LogP contribution >= 0.6 is 0 Å². The third-order valence-corrected chi connectivity index (χ3v) is 3.69. The Bertz CT molecular complexity index is 926. The van der Waals surface area contributed by atoms with E-state index in [4.69, 9.17) is 4.74 Å². The third kappa shape index (κ3) is 4.24. The Morgan fingerprint density at radius 1 is 0.962 bits per heavy atom. The zero-order valence-electron chi connectivity index (χ0n) is 13.8. The smallest absolute Gasteiger partial charge is 0.340 e. The van der Waals surface area contributed by atoms with Gasteiger partial charge < -0.3 is 10.1 Å². The predicted molar refractivity (Wildman–Crippen MR) is 98.4 cm³/mol. The van der Waals surface area contributed by atoms with Crippen molar-refractivity contribution in [2.24, 2.45) is 0 Å². The lowest BCUT2D eigenvalue weighted by molar-refractivity contribution is -0.384. The number of carbonyl (C=O) groups excluding carboxylic acids is 1. The molecule has 0 aliphatic heterocycles. The third-order valence-electron chi connectivity index (χ3n) is 3.69. The average Bonchev–Trinajstić information content (AvgIpc) is 2.67. The minimum atomic E-state index is -0.504. The van der Waals surface area contributed by atoms with Gasteiger partial charge in [0.2, 0.25) is 0 Å². The highest BCUT2D eigenvalue weighted by Crippen LogP contribution is 2.22. The summed E-state index contributed by atoms with van der Waals surface area (Å²) in [6.45, 7) is -0.0415. The Balaban J connectivity index is 1.72. The summed E-state index contributed by atoms with van der Waals surface area (Å²) in [5.74, 6) is -0.504. The molecular formula is C20H16N2O4. The van der Waals surface area contributed by atoms with Crippen molar-refractivity contribution in [3.8, 4) is 0 Å². The number of esters is 1. The van der Waals surface area contributed by atoms with Crippen molar-refractivity contribution < 1.29 is 14.5 Å². The summed E-state index contributed by atoms with van der Waals surface area (Å²) in [6, 6.07) is 22.5. The van der Waals surface area contributed by atoms with Gasteiger partial charge in [-0.1, -0.05) is 42.5 Å². The van der Waals surface area contributed by atoms with Gasteiger partial charge in [-0.2, -0.15) is 0 Å². The summed E-state index contributed by atoms with van der Waals surface area (Å²) in [7, 11) is 0. The molecule has 3 aromatic carbocycles. The second-order valence-corrected chi connectivity index (χ2v) is 5.54. The van der Waals surface area contributed by atoms with Crippen LogP contribution in [-0.4, -0.2) is 10.9 Å². The maximum absolute atomic E-state index is 12.5. The van der Waals surface area contributed by atoms with Gasteiger partial charge in [0.15, 0.2) is 0 Å². The first-order valence-corrected chi connectivity index (χ1v) is 7.95. The number of hydrogen-bond acceptors (Lipinski definition) is 5. The number of carbonyl (C=O) groups is 1. The zero-order valence-corrected chi connectivity index (χ0v) is 13.8. The fraction of sp³-hybridized carbons (Fsp3) is 0.0500. The molecule has 0 amide bonds. The second-order valence-electron chi connectivity index (χ2n) is 5.54.